The summed E-state index contributed by atoms with van der Waals surface area (Å²) in [5, 5.41) is 0. The summed E-state index contributed by atoms with van der Waals surface area (Å²) < 4.78 is 3.03. The van der Waals surface area contributed by atoms with E-state index in [1.165, 1.54) is 25.7 Å². The molecule has 1 aromatic heterocycles. The normalized spacial score (nSPS) is 27.8. The SMILES string of the molecule is CC1CCCC(Cn2cc[nH]c2=S)C1. The topological polar surface area (TPSA) is 20.7 Å². The molecule has 14 heavy (non-hydrogen) atoms. The fraction of sp³-hybridized carbons (Fsp3) is 0.727. The molecule has 0 aromatic carbocycles. The summed E-state index contributed by atoms with van der Waals surface area (Å²) in [5.41, 5.74) is 0. The monoisotopic (exact) mass is 210 g/mol. The Morgan fingerprint density at radius 3 is 3.07 bits per heavy atom. The van der Waals surface area contributed by atoms with E-state index in [9.17, 15) is 0 Å². The van der Waals surface area contributed by atoms with Gasteiger partial charge in [0.1, 0.15) is 0 Å². The summed E-state index contributed by atoms with van der Waals surface area (Å²) in [6.07, 6.45) is 9.53. The molecule has 0 saturated heterocycles. The molecule has 1 aliphatic rings. The number of imidazole rings is 1. The van der Waals surface area contributed by atoms with Crippen LogP contribution in [0.3, 0.4) is 0 Å². The molecule has 1 fully saturated rings. The number of aromatic nitrogens is 2. The molecule has 1 N–H and O–H groups in total. The maximum absolute atomic E-state index is 5.19. The fourth-order valence-electron chi connectivity index (χ4n) is 2.50. The second kappa shape index (κ2) is 4.30. The van der Waals surface area contributed by atoms with Crippen LogP contribution in [0.1, 0.15) is 32.6 Å². The number of H-pyrrole nitrogens is 1. The fourth-order valence-corrected chi connectivity index (χ4v) is 2.70. The van der Waals surface area contributed by atoms with Crippen molar-refractivity contribution in [2.45, 2.75) is 39.2 Å². The lowest BCUT2D eigenvalue weighted by Crippen LogP contribution is -2.18. The summed E-state index contributed by atoms with van der Waals surface area (Å²) in [4.78, 5) is 3.05. The highest BCUT2D eigenvalue weighted by Crippen LogP contribution is 2.29. The third-order valence-electron chi connectivity index (χ3n) is 3.22. The van der Waals surface area contributed by atoms with E-state index in [2.05, 4.69) is 22.7 Å². The van der Waals surface area contributed by atoms with Crippen molar-refractivity contribution in [3.8, 4) is 0 Å². The standard InChI is InChI=1S/C11H18N2S/c1-9-3-2-4-10(7-9)8-13-6-5-12-11(13)14/h5-6,9-10H,2-4,7-8H2,1H3,(H,12,14). The van der Waals surface area contributed by atoms with Crippen LogP contribution < -0.4 is 0 Å². The lowest BCUT2D eigenvalue weighted by molar-refractivity contribution is 0.256. The Morgan fingerprint density at radius 1 is 1.57 bits per heavy atom. The van der Waals surface area contributed by atoms with Crippen LogP contribution in [0.5, 0.6) is 0 Å². The van der Waals surface area contributed by atoms with Gasteiger partial charge in [0.25, 0.3) is 0 Å². The summed E-state index contributed by atoms with van der Waals surface area (Å²) in [7, 11) is 0. The van der Waals surface area contributed by atoms with Gasteiger partial charge < -0.3 is 9.55 Å². The van der Waals surface area contributed by atoms with Gasteiger partial charge in [0.2, 0.25) is 0 Å². The van der Waals surface area contributed by atoms with Crippen molar-refractivity contribution in [3.63, 3.8) is 0 Å². The van der Waals surface area contributed by atoms with Crippen LogP contribution in [0.15, 0.2) is 12.4 Å². The molecule has 2 unspecified atom stereocenters. The van der Waals surface area contributed by atoms with Gasteiger partial charge in [-0.25, -0.2) is 0 Å². The zero-order chi connectivity index (χ0) is 9.97. The molecular weight excluding hydrogens is 192 g/mol. The van der Waals surface area contributed by atoms with Crippen molar-refractivity contribution in [2.75, 3.05) is 0 Å². The number of nitrogens with zero attached hydrogens (tertiary/aromatic N) is 1. The number of nitrogens with one attached hydrogen (secondary N) is 1. The lowest BCUT2D eigenvalue weighted by Gasteiger charge is -2.26. The Bertz CT molecular complexity index is 339. The number of hydrogen-bond donors (Lipinski definition) is 1. The zero-order valence-corrected chi connectivity index (χ0v) is 9.52. The van der Waals surface area contributed by atoms with E-state index in [-0.39, 0.29) is 0 Å². The average molecular weight is 210 g/mol. The predicted molar refractivity (Wildman–Crippen MR) is 60.7 cm³/mol. The number of rotatable bonds is 2. The third kappa shape index (κ3) is 2.27. The van der Waals surface area contributed by atoms with Crippen LogP contribution >= 0.6 is 12.2 Å². The Kier molecular flexibility index (Phi) is 3.06. The first-order valence-corrected chi connectivity index (χ1v) is 5.90. The van der Waals surface area contributed by atoms with Crippen LogP contribution in [0, 0.1) is 16.6 Å². The summed E-state index contributed by atoms with van der Waals surface area (Å²) in [6, 6.07) is 0. The van der Waals surface area contributed by atoms with Gasteiger partial charge in [-0.1, -0.05) is 19.8 Å². The quantitative estimate of drug-likeness (QED) is 0.742. The minimum absolute atomic E-state index is 0.834. The largest absolute Gasteiger partial charge is 0.337 e. The van der Waals surface area contributed by atoms with Crippen molar-refractivity contribution in [1.82, 2.24) is 9.55 Å². The van der Waals surface area contributed by atoms with Gasteiger partial charge in [0, 0.05) is 18.9 Å². The van der Waals surface area contributed by atoms with Gasteiger partial charge in [0.05, 0.1) is 0 Å². The molecule has 0 spiro atoms. The smallest absolute Gasteiger partial charge is 0.177 e. The van der Waals surface area contributed by atoms with Gasteiger partial charge in [0.15, 0.2) is 4.77 Å². The second-order valence-electron chi connectivity index (χ2n) is 4.56. The minimum Gasteiger partial charge on any atom is -0.337 e. The average Bonchev–Trinajstić information content (AvgIpc) is 2.52. The van der Waals surface area contributed by atoms with Crippen LogP contribution in [0.25, 0.3) is 0 Å². The van der Waals surface area contributed by atoms with E-state index in [0.29, 0.717) is 0 Å². The van der Waals surface area contributed by atoms with Gasteiger partial charge >= 0.3 is 0 Å². The summed E-state index contributed by atoms with van der Waals surface area (Å²) in [6.45, 7) is 3.47. The third-order valence-corrected chi connectivity index (χ3v) is 3.57. The molecule has 1 saturated carbocycles. The van der Waals surface area contributed by atoms with Crippen molar-refractivity contribution >= 4 is 12.2 Å². The maximum atomic E-state index is 5.19. The summed E-state index contributed by atoms with van der Waals surface area (Å²) in [5.74, 6) is 1.74. The molecule has 2 nitrogen and oxygen atoms in total. The number of hydrogen-bond acceptors (Lipinski definition) is 1. The van der Waals surface area contributed by atoms with Gasteiger partial charge in [-0.15, -0.1) is 0 Å². The molecule has 0 bridgehead atoms. The van der Waals surface area contributed by atoms with E-state index in [1.54, 1.807) is 0 Å². The Balaban J connectivity index is 1.97. The molecule has 1 aliphatic carbocycles. The highest BCUT2D eigenvalue weighted by Gasteiger charge is 2.18. The molecule has 2 rings (SSSR count). The van der Waals surface area contributed by atoms with E-state index in [4.69, 9.17) is 12.2 Å². The Morgan fingerprint density at radius 2 is 2.43 bits per heavy atom. The van der Waals surface area contributed by atoms with Crippen LogP contribution in [0.2, 0.25) is 0 Å². The highest BCUT2D eigenvalue weighted by molar-refractivity contribution is 7.71. The molecule has 78 valence electrons. The molecule has 1 aromatic rings. The Labute approximate surface area is 90.3 Å². The van der Waals surface area contributed by atoms with Crippen molar-refractivity contribution < 1.29 is 0 Å². The second-order valence-corrected chi connectivity index (χ2v) is 4.94. The number of aromatic amines is 1. The van der Waals surface area contributed by atoms with E-state index >= 15 is 0 Å². The van der Waals surface area contributed by atoms with Crippen LogP contribution in [-0.4, -0.2) is 9.55 Å². The van der Waals surface area contributed by atoms with Gasteiger partial charge in [-0.3, -0.25) is 0 Å². The van der Waals surface area contributed by atoms with E-state index in [1.807, 2.05) is 6.20 Å². The highest BCUT2D eigenvalue weighted by atomic mass is 32.1. The molecule has 0 radical (unpaired) electrons. The first-order chi connectivity index (χ1) is 6.75. The summed E-state index contributed by atoms with van der Waals surface area (Å²) >= 11 is 5.19. The van der Waals surface area contributed by atoms with E-state index in [0.717, 1.165) is 23.2 Å². The molecule has 0 amide bonds. The van der Waals surface area contributed by atoms with Crippen LogP contribution in [0.4, 0.5) is 0 Å². The lowest BCUT2D eigenvalue weighted by atomic mass is 9.82. The molecule has 0 aliphatic heterocycles. The first kappa shape index (κ1) is 9.97. The van der Waals surface area contributed by atoms with Crippen molar-refractivity contribution in [2.24, 2.45) is 11.8 Å². The van der Waals surface area contributed by atoms with Gasteiger partial charge in [-0.2, -0.15) is 0 Å². The maximum Gasteiger partial charge on any atom is 0.177 e. The zero-order valence-electron chi connectivity index (χ0n) is 8.70. The molecule has 1 heterocycles. The minimum atomic E-state index is 0.834. The molecule has 3 heteroatoms. The first-order valence-electron chi connectivity index (χ1n) is 5.49. The van der Waals surface area contributed by atoms with Gasteiger partial charge in [-0.05, 0) is 36.9 Å². The molecular formula is C11H18N2S. The molecule has 2 atom stereocenters. The van der Waals surface area contributed by atoms with Crippen LogP contribution in [-0.2, 0) is 6.54 Å². The Hall–Kier alpha value is -0.570. The van der Waals surface area contributed by atoms with Crippen molar-refractivity contribution in [3.05, 3.63) is 17.2 Å². The van der Waals surface area contributed by atoms with E-state index < -0.39 is 0 Å². The van der Waals surface area contributed by atoms with Crippen molar-refractivity contribution in [1.29, 1.82) is 0 Å². The predicted octanol–water partition coefficient (Wildman–Crippen LogP) is 3.37.